The Morgan fingerprint density at radius 2 is 1.78 bits per heavy atom. The van der Waals surface area contributed by atoms with Crippen LogP contribution in [0.25, 0.3) is 0 Å². The molecule has 1 aliphatic rings. The topological polar surface area (TPSA) is 61.9 Å². The van der Waals surface area contributed by atoms with Crippen LogP contribution in [0.2, 0.25) is 5.02 Å². The number of carbonyl (C=O) groups is 2. The van der Waals surface area contributed by atoms with Gasteiger partial charge in [-0.2, -0.15) is 0 Å². The Morgan fingerprint density at radius 3 is 2.41 bits per heavy atom. The standard InChI is InChI=1S/C20H22ClN3O3/c1-14(25)23-9-11-24(12-10-23)18-6-4-3-5-17(18)22-20(26)15-7-8-19(27-2)16(21)13-15/h3-8,13H,9-12H2,1-2H3,(H,22,26). The van der Waals surface area contributed by atoms with E-state index >= 15 is 0 Å². The summed E-state index contributed by atoms with van der Waals surface area (Å²) in [6, 6.07) is 12.6. The van der Waals surface area contributed by atoms with Crippen LogP contribution in [0.3, 0.4) is 0 Å². The quantitative estimate of drug-likeness (QED) is 0.874. The molecule has 0 unspecified atom stereocenters. The number of anilines is 2. The molecule has 6 nitrogen and oxygen atoms in total. The van der Waals surface area contributed by atoms with Gasteiger partial charge >= 0.3 is 0 Å². The normalized spacial score (nSPS) is 14.0. The molecule has 0 spiro atoms. The van der Waals surface area contributed by atoms with E-state index in [4.69, 9.17) is 16.3 Å². The smallest absolute Gasteiger partial charge is 0.255 e. The van der Waals surface area contributed by atoms with Crippen LogP contribution < -0.4 is 15.0 Å². The van der Waals surface area contributed by atoms with Crippen molar-refractivity contribution in [3.63, 3.8) is 0 Å². The average Bonchev–Trinajstić information content (AvgIpc) is 2.68. The van der Waals surface area contributed by atoms with Crippen molar-refractivity contribution in [3.8, 4) is 5.75 Å². The predicted octanol–water partition coefficient (Wildman–Crippen LogP) is 3.27. The minimum atomic E-state index is -0.241. The lowest BCUT2D eigenvalue weighted by atomic mass is 10.1. The van der Waals surface area contributed by atoms with Gasteiger partial charge in [-0.05, 0) is 30.3 Å². The van der Waals surface area contributed by atoms with E-state index in [1.807, 2.05) is 29.2 Å². The van der Waals surface area contributed by atoms with Crippen LogP contribution in [0.5, 0.6) is 5.75 Å². The molecule has 7 heteroatoms. The van der Waals surface area contributed by atoms with Crippen molar-refractivity contribution in [1.29, 1.82) is 0 Å². The molecule has 1 saturated heterocycles. The molecule has 2 amide bonds. The molecule has 0 bridgehead atoms. The molecule has 2 aromatic rings. The third-order valence-corrected chi connectivity index (χ3v) is 4.93. The molecule has 1 aliphatic heterocycles. The zero-order valence-electron chi connectivity index (χ0n) is 15.4. The molecule has 0 aromatic heterocycles. The van der Waals surface area contributed by atoms with Crippen LogP contribution in [0.4, 0.5) is 11.4 Å². The number of rotatable bonds is 4. The van der Waals surface area contributed by atoms with Gasteiger partial charge in [0, 0.05) is 38.7 Å². The van der Waals surface area contributed by atoms with E-state index in [1.54, 1.807) is 25.1 Å². The van der Waals surface area contributed by atoms with Crippen molar-refractivity contribution >= 4 is 34.8 Å². The van der Waals surface area contributed by atoms with Crippen LogP contribution in [-0.2, 0) is 4.79 Å². The second kappa shape index (κ2) is 8.31. The van der Waals surface area contributed by atoms with Crippen LogP contribution in [-0.4, -0.2) is 50.0 Å². The molecule has 1 heterocycles. The highest BCUT2D eigenvalue weighted by atomic mass is 35.5. The molecule has 1 N–H and O–H groups in total. The first-order chi connectivity index (χ1) is 13.0. The minimum absolute atomic E-state index is 0.0904. The van der Waals surface area contributed by atoms with Crippen molar-refractivity contribution in [2.24, 2.45) is 0 Å². The van der Waals surface area contributed by atoms with Crippen molar-refractivity contribution in [3.05, 3.63) is 53.1 Å². The number of methoxy groups -OCH3 is 1. The number of ether oxygens (including phenoxy) is 1. The lowest BCUT2D eigenvalue weighted by molar-refractivity contribution is -0.129. The SMILES string of the molecule is COc1ccc(C(=O)Nc2ccccc2N2CCN(C(C)=O)CC2)cc1Cl. The molecule has 0 aliphatic carbocycles. The van der Waals surface area contributed by atoms with Gasteiger partial charge in [-0.15, -0.1) is 0 Å². The molecule has 3 rings (SSSR count). The Labute approximate surface area is 163 Å². The van der Waals surface area contributed by atoms with E-state index in [1.165, 1.54) is 7.11 Å². The monoisotopic (exact) mass is 387 g/mol. The highest BCUT2D eigenvalue weighted by Gasteiger charge is 2.21. The van der Waals surface area contributed by atoms with Crippen LogP contribution in [0, 0.1) is 0 Å². The predicted molar refractivity (Wildman–Crippen MR) is 107 cm³/mol. The maximum absolute atomic E-state index is 12.7. The molecule has 27 heavy (non-hydrogen) atoms. The van der Waals surface area contributed by atoms with E-state index < -0.39 is 0 Å². The Bertz CT molecular complexity index is 848. The second-order valence-electron chi connectivity index (χ2n) is 6.31. The van der Waals surface area contributed by atoms with Gasteiger partial charge in [0.1, 0.15) is 5.75 Å². The van der Waals surface area contributed by atoms with Crippen molar-refractivity contribution in [2.75, 3.05) is 43.5 Å². The summed E-state index contributed by atoms with van der Waals surface area (Å²) < 4.78 is 5.12. The van der Waals surface area contributed by atoms with E-state index in [9.17, 15) is 9.59 Å². The van der Waals surface area contributed by atoms with E-state index in [0.717, 1.165) is 24.5 Å². The lowest BCUT2D eigenvalue weighted by Gasteiger charge is -2.36. The zero-order valence-corrected chi connectivity index (χ0v) is 16.1. The summed E-state index contributed by atoms with van der Waals surface area (Å²) in [4.78, 5) is 28.2. The first-order valence-electron chi connectivity index (χ1n) is 8.74. The Hall–Kier alpha value is -2.73. The summed E-state index contributed by atoms with van der Waals surface area (Å²) >= 11 is 6.12. The van der Waals surface area contributed by atoms with E-state index in [-0.39, 0.29) is 11.8 Å². The zero-order chi connectivity index (χ0) is 19.4. The van der Waals surface area contributed by atoms with Gasteiger partial charge < -0.3 is 19.9 Å². The van der Waals surface area contributed by atoms with Crippen molar-refractivity contribution < 1.29 is 14.3 Å². The fraction of sp³-hybridized carbons (Fsp3) is 0.300. The molecule has 0 saturated carbocycles. The van der Waals surface area contributed by atoms with Crippen LogP contribution in [0.15, 0.2) is 42.5 Å². The third kappa shape index (κ3) is 4.34. The highest BCUT2D eigenvalue weighted by molar-refractivity contribution is 6.32. The number of carbonyl (C=O) groups excluding carboxylic acids is 2. The molecule has 0 atom stereocenters. The van der Waals surface area contributed by atoms with Gasteiger partial charge in [0.05, 0.1) is 23.5 Å². The number of para-hydroxylation sites is 2. The number of benzene rings is 2. The number of halogens is 1. The van der Waals surface area contributed by atoms with Crippen molar-refractivity contribution in [1.82, 2.24) is 4.90 Å². The summed E-state index contributed by atoms with van der Waals surface area (Å²) in [5, 5.41) is 3.35. The summed E-state index contributed by atoms with van der Waals surface area (Å²) in [7, 11) is 1.53. The Kier molecular flexibility index (Phi) is 5.86. The lowest BCUT2D eigenvalue weighted by Crippen LogP contribution is -2.48. The minimum Gasteiger partial charge on any atom is -0.495 e. The molecular formula is C20H22ClN3O3. The van der Waals surface area contributed by atoms with Crippen LogP contribution in [0.1, 0.15) is 17.3 Å². The first-order valence-corrected chi connectivity index (χ1v) is 9.12. The summed E-state index contributed by atoms with van der Waals surface area (Å²) in [5.41, 5.74) is 2.12. The average molecular weight is 388 g/mol. The number of nitrogens with one attached hydrogen (secondary N) is 1. The molecule has 0 radical (unpaired) electrons. The van der Waals surface area contributed by atoms with Gasteiger partial charge in [0.25, 0.3) is 5.91 Å². The number of amides is 2. The third-order valence-electron chi connectivity index (χ3n) is 4.63. The molecule has 2 aromatic carbocycles. The maximum Gasteiger partial charge on any atom is 0.255 e. The summed E-state index contributed by atoms with van der Waals surface area (Å²) in [6.45, 7) is 4.38. The molecule has 1 fully saturated rings. The first kappa shape index (κ1) is 19.0. The van der Waals surface area contributed by atoms with E-state index in [0.29, 0.717) is 29.4 Å². The summed E-state index contributed by atoms with van der Waals surface area (Å²) in [5.74, 6) is 0.374. The largest absolute Gasteiger partial charge is 0.495 e. The fourth-order valence-corrected chi connectivity index (χ4v) is 3.38. The van der Waals surface area contributed by atoms with Gasteiger partial charge in [-0.3, -0.25) is 9.59 Å². The maximum atomic E-state index is 12.7. The number of hydrogen-bond donors (Lipinski definition) is 1. The highest BCUT2D eigenvalue weighted by Crippen LogP contribution is 2.29. The van der Waals surface area contributed by atoms with Gasteiger partial charge in [-0.25, -0.2) is 0 Å². The molecular weight excluding hydrogens is 366 g/mol. The van der Waals surface area contributed by atoms with Crippen molar-refractivity contribution in [2.45, 2.75) is 6.92 Å². The summed E-state index contributed by atoms with van der Waals surface area (Å²) in [6.07, 6.45) is 0. The van der Waals surface area contributed by atoms with Gasteiger partial charge in [-0.1, -0.05) is 23.7 Å². The number of hydrogen-bond acceptors (Lipinski definition) is 4. The number of piperazine rings is 1. The second-order valence-corrected chi connectivity index (χ2v) is 6.72. The van der Waals surface area contributed by atoms with Gasteiger partial charge in [0.2, 0.25) is 5.91 Å². The molecule has 142 valence electrons. The van der Waals surface area contributed by atoms with E-state index in [2.05, 4.69) is 10.2 Å². The fourth-order valence-electron chi connectivity index (χ4n) is 3.12. The number of nitrogens with zero attached hydrogens (tertiary/aromatic N) is 2. The van der Waals surface area contributed by atoms with Crippen LogP contribution >= 0.6 is 11.6 Å². The Balaban J connectivity index is 1.75. The van der Waals surface area contributed by atoms with Gasteiger partial charge in [0.15, 0.2) is 0 Å². The Morgan fingerprint density at radius 1 is 1.07 bits per heavy atom.